The van der Waals surface area contributed by atoms with Gasteiger partial charge in [-0.2, -0.15) is 0 Å². The molecule has 0 heterocycles. The van der Waals surface area contributed by atoms with E-state index in [1.54, 1.807) is 6.92 Å². The molecule has 0 aromatic carbocycles. The largest absolute Gasteiger partial charge is 0.481 e. The summed E-state index contributed by atoms with van der Waals surface area (Å²) in [5.41, 5.74) is 0. The van der Waals surface area contributed by atoms with Crippen molar-refractivity contribution in [3.8, 4) is 0 Å². The van der Waals surface area contributed by atoms with Gasteiger partial charge >= 0.3 is 11.9 Å². The first-order valence-electron chi connectivity index (χ1n) is 4.97. The summed E-state index contributed by atoms with van der Waals surface area (Å²) < 4.78 is 4.89. The predicted octanol–water partition coefficient (Wildman–Crippen LogP) is 1.97. The minimum atomic E-state index is -0.946. The summed E-state index contributed by atoms with van der Waals surface area (Å²) in [7, 11) is 0. The van der Waals surface area contributed by atoms with Gasteiger partial charge in [-0.05, 0) is 13.3 Å². The summed E-state index contributed by atoms with van der Waals surface area (Å²) in [5.74, 6) is -1.24. The van der Waals surface area contributed by atoms with Crippen LogP contribution in [0.1, 0.15) is 46.0 Å². The van der Waals surface area contributed by atoms with Gasteiger partial charge < -0.3 is 9.84 Å². The van der Waals surface area contributed by atoms with Crippen molar-refractivity contribution in [1.82, 2.24) is 0 Å². The minimum absolute atomic E-state index is 0.125. The highest BCUT2D eigenvalue weighted by molar-refractivity contribution is 5.71. The van der Waals surface area contributed by atoms with Gasteiger partial charge in [-0.3, -0.25) is 9.59 Å². The van der Waals surface area contributed by atoms with Gasteiger partial charge in [-0.25, -0.2) is 0 Å². The lowest BCUT2D eigenvalue weighted by Gasteiger charge is -2.10. The number of hydrogen-bond acceptors (Lipinski definition) is 3. The first-order chi connectivity index (χ1) is 6.56. The number of carboxylic acid groups (broad SMARTS) is 1. The standard InChI is InChI=1S/C10H18O4/c1-3-4-5-6-10(13)14-8(2)7-9(11)12/h8H,3-7H2,1-2H3,(H,11,12). The first kappa shape index (κ1) is 12.9. The Balaban J connectivity index is 3.55. The minimum Gasteiger partial charge on any atom is -0.481 e. The zero-order chi connectivity index (χ0) is 11.0. The Labute approximate surface area is 84.3 Å². The molecule has 82 valence electrons. The lowest BCUT2D eigenvalue weighted by atomic mass is 10.2. The van der Waals surface area contributed by atoms with Gasteiger partial charge in [0.15, 0.2) is 0 Å². The highest BCUT2D eigenvalue weighted by Crippen LogP contribution is 2.04. The van der Waals surface area contributed by atoms with Crippen molar-refractivity contribution in [2.75, 3.05) is 0 Å². The van der Waals surface area contributed by atoms with E-state index in [0.717, 1.165) is 19.3 Å². The molecule has 0 saturated carbocycles. The molecule has 0 aliphatic rings. The van der Waals surface area contributed by atoms with E-state index < -0.39 is 12.1 Å². The molecule has 4 heteroatoms. The topological polar surface area (TPSA) is 63.6 Å². The lowest BCUT2D eigenvalue weighted by molar-refractivity contribution is -0.151. The summed E-state index contributed by atoms with van der Waals surface area (Å²) in [5, 5.41) is 8.42. The second-order valence-corrected chi connectivity index (χ2v) is 3.36. The van der Waals surface area contributed by atoms with E-state index in [4.69, 9.17) is 9.84 Å². The summed E-state index contributed by atoms with van der Waals surface area (Å²) in [6.07, 6.45) is 2.61. The Hall–Kier alpha value is -1.06. The molecule has 0 aliphatic carbocycles. The van der Waals surface area contributed by atoms with Crippen LogP contribution in [0.5, 0.6) is 0 Å². The molecule has 0 amide bonds. The molecular weight excluding hydrogens is 184 g/mol. The van der Waals surface area contributed by atoms with Crippen LogP contribution < -0.4 is 0 Å². The second-order valence-electron chi connectivity index (χ2n) is 3.36. The third-order valence-corrected chi connectivity index (χ3v) is 1.78. The zero-order valence-electron chi connectivity index (χ0n) is 8.78. The van der Waals surface area contributed by atoms with Gasteiger partial charge in [0.05, 0.1) is 6.42 Å². The van der Waals surface area contributed by atoms with E-state index in [0.29, 0.717) is 6.42 Å². The third kappa shape index (κ3) is 7.58. The first-order valence-corrected chi connectivity index (χ1v) is 4.97. The van der Waals surface area contributed by atoms with Crippen LogP contribution in [0.2, 0.25) is 0 Å². The van der Waals surface area contributed by atoms with Crippen molar-refractivity contribution < 1.29 is 19.4 Å². The fourth-order valence-corrected chi connectivity index (χ4v) is 1.09. The van der Waals surface area contributed by atoms with Gasteiger partial charge in [-0.1, -0.05) is 19.8 Å². The van der Waals surface area contributed by atoms with E-state index in [-0.39, 0.29) is 12.4 Å². The number of hydrogen-bond donors (Lipinski definition) is 1. The third-order valence-electron chi connectivity index (χ3n) is 1.78. The van der Waals surface area contributed by atoms with Crippen LogP contribution in [0.3, 0.4) is 0 Å². The number of ether oxygens (including phenoxy) is 1. The van der Waals surface area contributed by atoms with Crippen molar-refractivity contribution >= 4 is 11.9 Å². The molecule has 0 radical (unpaired) electrons. The summed E-state index contributed by atoms with van der Waals surface area (Å²) in [6.45, 7) is 3.64. The Morgan fingerprint density at radius 3 is 2.50 bits per heavy atom. The monoisotopic (exact) mass is 202 g/mol. The second kappa shape index (κ2) is 7.35. The van der Waals surface area contributed by atoms with Gasteiger partial charge in [-0.15, -0.1) is 0 Å². The number of carboxylic acids is 1. The number of rotatable bonds is 7. The van der Waals surface area contributed by atoms with E-state index in [1.807, 2.05) is 0 Å². The van der Waals surface area contributed by atoms with E-state index >= 15 is 0 Å². The molecule has 1 unspecified atom stereocenters. The van der Waals surface area contributed by atoms with Gasteiger partial charge in [0.1, 0.15) is 6.10 Å². The molecule has 0 spiro atoms. The highest BCUT2D eigenvalue weighted by atomic mass is 16.5. The average molecular weight is 202 g/mol. The lowest BCUT2D eigenvalue weighted by Crippen LogP contribution is -2.18. The SMILES string of the molecule is CCCCCC(=O)OC(C)CC(=O)O. The number of unbranched alkanes of at least 4 members (excludes halogenated alkanes) is 2. The van der Waals surface area contributed by atoms with Crippen molar-refractivity contribution in [3.05, 3.63) is 0 Å². The maximum Gasteiger partial charge on any atom is 0.307 e. The number of carbonyl (C=O) groups excluding carboxylic acids is 1. The van der Waals surface area contributed by atoms with Gasteiger partial charge in [0, 0.05) is 6.42 Å². The van der Waals surface area contributed by atoms with Crippen LogP contribution >= 0.6 is 0 Å². The van der Waals surface area contributed by atoms with Crippen LogP contribution in [0.4, 0.5) is 0 Å². The van der Waals surface area contributed by atoms with Crippen molar-refractivity contribution in [2.45, 2.75) is 52.1 Å². The molecule has 0 saturated heterocycles. The maximum absolute atomic E-state index is 11.1. The van der Waals surface area contributed by atoms with Crippen molar-refractivity contribution in [2.24, 2.45) is 0 Å². The normalized spacial score (nSPS) is 12.1. The predicted molar refractivity (Wildman–Crippen MR) is 51.9 cm³/mol. The molecular formula is C10H18O4. The van der Waals surface area contributed by atoms with E-state index in [9.17, 15) is 9.59 Å². The van der Waals surface area contributed by atoms with E-state index in [1.165, 1.54) is 0 Å². The summed E-state index contributed by atoms with van der Waals surface area (Å²) >= 11 is 0. The molecule has 1 N–H and O–H groups in total. The molecule has 0 aromatic heterocycles. The molecule has 4 nitrogen and oxygen atoms in total. The summed E-state index contributed by atoms with van der Waals surface area (Å²) in [4.78, 5) is 21.4. The van der Waals surface area contributed by atoms with Crippen LogP contribution in [0, 0.1) is 0 Å². The van der Waals surface area contributed by atoms with Crippen LogP contribution in [-0.2, 0) is 14.3 Å². The Morgan fingerprint density at radius 1 is 1.36 bits per heavy atom. The summed E-state index contributed by atoms with van der Waals surface area (Å²) in [6, 6.07) is 0. The number of esters is 1. The van der Waals surface area contributed by atoms with Gasteiger partial charge in [0.25, 0.3) is 0 Å². The average Bonchev–Trinajstić information content (AvgIpc) is 2.02. The quantitative estimate of drug-likeness (QED) is 0.506. The number of aliphatic carboxylic acids is 1. The molecule has 0 aliphatic heterocycles. The molecule has 0 aromatic rings. The Bertz CT molecular complexity index is 189. The van der Waals surface area contributed by atoms with Crippen molar-refractivity contribution in [3.63, 3.8) is 0 Å². The maximum atomic E-state index is 11.1. The fourth-order valence-electron chi connectivity index (χ4n) is 1.09. The zero-order valence-corrected chi connectivity index (χ0v) is 8.78. The van der Waals surface area contributed by atoms with Crippen LogP contribution in [-0.4, -0.2) is 23.1 Å². The fraction of sp³-hybridized carbons (Fsp3) is 0.800. The highest BCUT2D eigenvalue weighted by Gasteiger charge is 2.12. The van der Waals surface area contributed by atoms with Crippen LogP contribution in [0.15, 0.2) is 0 Å². The van der Waals surface area contributed by atoms with Crippen molar-refractivity contribution in [1.29, 1.82) is 0 Å². The number of carbonyl (C=O) groups is 2. The molecule has 0 fully saturated rings. The molecule has 0 rings (SSSR count). The smallest absolute Gasteiger partial charge is 0.307 e. The molecule has 1 atom stereocenters. The Morgan fingerprint density at radius 2 is 2.00 bits per heavy atom. The van der Waals surface area contributed by atoms with Crippen LogP contribution in [0.25, 0.3) is 0 Å². The van der Waals surface area contributed by atoms with E-state index in [2.05, 4.69) is 6.92 Å². The molecule has 14 heavy (non-hydrogen) atoms. The molecule has 0 bridgehead atoms. The van der Waals surface area contributed by atoms with Gasteiger partial charge in [0.2, 0.25) is 0 Å². The Kier molecular flexibility index (Phi) is 6.80.